The van der Waals surface area contributed by atoms with Crippen molar-refractivity contribution in [2.75, 3.05) is 12.9 Å². The maximum Gasteiger partial charge on any atom is 0.337 e. The molecule has 0 aliphatic rings. The third-order valence-corrected chi connectivity index (χ3v) is 3.98. The molecule has 1 rings (SSSR count). The molecule has 0 radical (unpaired) electrons. The van der Waals surface area contributed by atoms with Crippen LogP contribution in [0.4, 0.5) is 0 Å². The van der Waals surface area contributed by atoms with E-state index in [4.69, 9.17) is 16.7 Å². The number of aromatic carboxylic acids is 1. The van der Waals surface area contributed by atoms with Crippen molar-refractivity contribution in [3.8, 4) is 0 Å². The van der Waals surface area contributed by atoms with Gasteiger partial charge in [-0.05, 0) is 18.2 Å². The van der Waals surface area contributed by atoms with Gasteiger partial charge in [0.05, 0.1) is 22.6 Å². The van der Waals surface area contributed by atoms with Crippen LogP contribution in [0, 0.1) is 0 Å². The minimum atomic E-state index is -3.94. The first-order chi connectivity index (χ1) is 8.27. The van der Waals surface area contributed by atoms with Gasteiger partial charge in [0.2, 0.25) is 0 Å². The molecular weight excluding hydrogens is 284 g/mol. The number of carboxylic acids is 1. The van der Waals surface area contributed by atoms with Gasteiger partial charge in [0.25, 0.3) is 0 Å². The van der Waals surface area contributed by atoms with Crippen LogP contribution in [-0.4, -0.2) is 38.3 Å². The van der Waals surface area contributed by atoms with E-state index in [1.165, 1.54) is 0 Å². The summed E-state index contributed by atoms with van der Waals surface area (Å²) in [5, 5.41) is 8.73. The fourth-order valence-electron chi connectivity index (χ4n) is 1.16. The summed E-state index contributed by atoms with van der Waals surface area (Å²) in [6.45, 7) is 0. The quantitative estimate of drug-likeness (QED) is 0.831. The molecule has 1 aromatic rings. The Morgan fingerprint density at radius 1 is 1.39 bits per heavy atom. The fraction of sp³-hybridized carbons (Fsp3) is 0.200. The van der Waals surface area contributed by atoms with Crippen molar-refractivity contribution in [2.45, 2.75) is 4.90 Å². The van der Waals surface area contributed by atoms with E-state index in [9.17, 15) is 18.0 Å². The highest BCUT2D eigenvalue weighted by Gasteiger charge is 2.22. The van der Waals surface area contributed by atoms with Gasteiger partial charge in [0.15, 0.2) is 15.6 Å². The Morgan fingerprint density at radius 3 is 2.50 bits per heavy atom. The second-order valence-corrected chi connectivity index (χ2v) is 5.68. The standard InChI is InChI=1S/C10H9ClO6S/c1-17-9(12)5-18(15,16)6-2-3-8(11)7(4-6)10(13)14/h2-4H,5H2,1H3,(H,13,14). The van der Waals surface area contributed by atoms with Gasteiger partial charge in [-0.1, -0.05) is 11.6 Å². The molecule has 0 saturated heterocycles. The average Bonchev–Trinajstić information content (AvgIpc) is 2.28. The Morgan fingerprint density at radius 2 is 2.00 bits per heavy atom. The molecule has 0 spiro atoms. The van der Waals surface area contributed by atoms with Crippen molar-refractivity contribution >= 4 is 33.4 Å². The number of ether oxygens (including phenoxy) is 1. The zero-order chi connectivity index (χ0) is 13.9. The Balaban J connectivity index is 3.22. The van der Waals surface area contributed by atoms with Gasteiger partial charge in [-0.15, -0.1) is 0 Å². The molecule has 98 valence electrons. The predicted octanol–water partition coefficient (Wildman–Crippen LogP) is 0.985. The number of sulfone groups is 1. The molecule has 0 fully saturated rings. The van der Waals surface area contributed by atoms with Crippen molar-refractivity contribution in [1.29, 1.82) is 0 Å². The highest BCUT2D eigenvalue weighted by Crippen LogP contribution is 2.21. The summed E-state index contributed by atoms with van der Waals surface area (Å²) in [7, 11) is -2.88. The maximum absolute atomic E-state index is 11.8. The Labute approximate surface area is 108 Å². The first-order valence-electron chi connectivity index (χ1n) is 4.60. The van der Waals surface area contributed by atoms with E-state index >= 15 is 0 Å². The number of halogens is 1. The normalized spacial score (nSPS) is 11.0. The van der Waals surface area contributed by atoms with Crippen LogP contribution in [0.3, 0.4) is 0 Å². The lowest BCUT2D eigenvalue weighted by atomic mass is 10.2. The Hall–Kier alpha value is -1.60. The van der Waals surface area contributed by atoms with Crippen molar-refractivity contribution in [2.24, 2.45) is 0 Å². The molecule has 0 bridgehead atoms. The van der Waals surface area contributed by atoms with Gasteiger partial charge in [-0.3, -0.25) is 4.79 Å². The molecule has 0 aliphatic heterocycles. The lowest BCUT2D eigenvalue weighted by Crippen LogP contribution is -2.17. The predicted molar refractivity (Wildman–Crippen MR) is 62.5 cm³/mol. The van der Waals surface area contributed by atoms with Crippen molar-refractivity contribution < 1.29 is 27.9 Å². The van der Waals surface area contributed by atoms with Crippen LogP contribution in [0.2, 0.25) is 5.02 Å². The summed E-state index contributed by atoms with van der Waals surface area (Å²) in [5.74, 6) is -3.14. The van der Waals surface area contributed by atoms with E-state index in [0.717, 1.165) is 25.3 Å². The Kier molecular flexibility index (Phi) is 4.31. The first-order valence-corrected chi connectivity index (χ1v) is 6.63. The molecule has 0 heterocycles. The SMILES string of the molecule is COC(=O)CS(=O)(=O)c1ccc(Cl)c(C(=O)O)c1. The maximum atomic E-state index is 11.8. The largest absolute Gasteiger partial charge is 0.478 e. The number of benzene rings is 1. The summed E-state index contributed by atoms with van der Waals surface area (Å²) in [4.78, 5) is 21.5. The number of esters is 1. The molecule has 6 nitrogen and oxygen atoms in total. The molecule has 18 heavy (non-hydrogen) atoms. The number of carbonyl (C=O) groups excluding carboxylic acids is 1. The van der Waals surface area contributed by atoms with Gasteiger partial charge in [0.1, 0.15) is 0 Å². The molecule has 0 aliphatic carbocycles. The lowest BCUT2D eigenvalue weighted by Gasteiger charge is -2.05. The van der Waals surface area contributed by atoms with Crippen LogP contribution < -0.4 is 0 Å². The number of carbonyl (C=O) groups is 2. The summed E-state index contributed by atoms with van der Waals surface area (Å²) in [5.41, 5.74) is -0.345. The topological polar surface area (TPSA) is 97.7 Å². The smallest absolute Gasteiger partial charge is 0.337 e. The van der Waals surface area contributed by atoms with Gasteiger partial charge in [-0.25, -0.2) is 13.2 Å². The number of hydrogen-bond donors (Lipinski definition) is 1. The first kappa shape index (κ1) is 14.5. The van der Waals surface area contributed by atoms with E-state index in [1.54, 1.807) is 0 Å². The van der Waals surface area contributed by atoms with Crippen molar-refractivity contribution in [3.63, 3.8) is 0 Å². The van der Waals surface area contributed by atoms with E-state index < -0.39 is 27.5 Å². The van der Waals surface area contributed by atoms with E-state index in [-0.39, 0.29) is 15.5 Å². The Bertz CT molecular complexity index is 592. The molecular formula is C10H9ClO6S. The van der Waals surface area contributed by atoms with Crippen LogP contribution in [0.5, 0.6) is 0 Å². The van der Waals surface area contributed by atoms with Crippen LogP contribution >= 0.6 is 11.6 Å². The highest BCUT2D eigenvalue weighted by atomic mass is 35.5. The summed E-state index contributed by atoms with van der Waals surface area (Å²) < 4.78 is 27.7. The third-order valence-electron chi connectivity index (χ3n) is 2.06. The molecule has 0 amide bonds. The average molecular weight is 293 g/mol. The molecule has 0 saturated carbocycles. The molecule has 0 aromatic heterocycles. The van der Waals surface area contributed by atoms with Gasteiger partial charge < -0.3 is 9.84 Å². The van der Waals surface area contributed by atoms with E-state index in [1.807, 2.05) is 0 Å². The second-order valence-electron chi connectivity index (χ2n) is 3.28. The molecule has 8 heteroatoms. The number of carboxylic acid groups (broad SMARTS) is 1. The molecule has 0 atom stereocenters. The monoisotopic (exact) mass is 292 g/mol. The van der Waals surface area contributed by atoms with Gasteiger partial charge in [0, 0.05) is 0 Å². The zero-order valence-corrected chi connectivity index (χ0v) is 10.8. The van der Waals surface area contributed by atoms with Crippen molar-refractivity contribution in [3.05, 3.63) is 28.8 Å². The minimum absolute atomic E-state index is 0.0838. The number of hydrogen-bond acceptors (Lipinski definition) is 5. The molecule has 0 unspecified atom stereocenters. The zero-order valence-electron chi connectivity index (χ0n) is 9.21. The highest BCUT2D eigenvalue weighted by molar-refractivity contribution is 7.92. The minimum Gasteiger partial charge on any atom is -0.478 e. The molecule has 1 N–H and O–H groups in total. The van der Waals surface area contributed by atoms with Gasteiger partial charge >= 0.3 is 11.9 Å². The number of rotatable bonds is 4. The third kappa shape index (κ3) is 3.21. The van der Waals surface area contributed by atoms with Crippen LogP contribution in [0.15, 0.2) is 23.1 Å². The van der Waals surface area contributed by atoms with Crippen LogP contribution in [0.1, 0.15) is 10.4 Å². The fourth-order valence-corrected chi connectivity index (χ4v) is 2.53. The molecule has 1 aromatic carbocycles. The summed E-state index contributed by atoms with van der Waals surface area (Å²) in [6, 6.07) is 3.19. The lowest BCUT2D eigenvalue weighted by molar-refractivity contribution is -0.137. The van der Waals surface area contributed by atoms with Crippen molar-refractivity contribution in [1.82, 2.24) is 0 Å². The van der Waals surface area contributed by atoms with E-state index in [2.05, 4.69) is 4.74 Å². The summed E-state index contributed by atoms with van der Waals surface area (Å²) in [6.07, 6.45) is 0. The summed E-state index contributed by atoms with van der Waals surface area (Å²) >= 11 is 5.61. The second kappa shape index (κ2) is 5.36. The number of methoxy groups -OCH3 is 1. The van der Waals surface area contributed by atoms with Crippen LogP contribution in [0.25, 0.3) is 0 Å². The van der Waals surface area contributed by atoms with E-state index in [0.29, 0.717) is 0 Å². The van der Waals surface area contributed by atoms with Crippen LogP contribution in [-0.2, 0) is 19.4 Å². The van der Waals surface area contributed by atoms with Gasteiger partial charge in [-0.2, -0.15) is 0 Å².